The molecule has 0 spiro atoms. The molecule has 182 valence electrons. The Morgan fingerprint density at radius 1 is 0.912 bits per heavy atom. The van der Waals surface area contributed by atoms with Crippen LogP contribution in [0.5, 0.6) is 0 Å². The van der Waals surface area contributed by atoms with Crippen LogP contribution in [-0.4, -0.2) is 42.3 Å². The highest BCUT2D eigenvalue weighted by molar-refractivity contribution is 5.81. The van der Waals surface area contributed by atoms with Crippen molar-refractivity contribution in [3.8, 4) is 0 Å². The molecular weight excluding hydrogens is 422 g/mol. The minimum absolute atomic E-state index is 0.0648. The Bertz CT molecular complexity index is 942. The first-order valence-corrected chi connectivity index (χ1v) is 13.3. The van der Waals surface area contributed by atoms with Gasteiger partial charge in [-0.05, 0) is 31.2 Å². The second kappa shape index (κ2) is 9.83. The first-order chi connectivity index (χ1) is 16.5. The van der Waals surface area contributed by atoms with Gasteiger partial charge in [0.05, 0.1) is 26.7 Å². The van der Waals surface area contributed by atoms with E-state index >= 15 is 0 Å². The fourth-order valence-electron chi connectivity index (χ4n) is 7.34. The minimum atomic E-state index is -1.53. The summed E-state index contributed by atoms with van der Waals surface area (Å²) in [7, 11) is 2.39. The summed E-state index contributed by atoms with van der Waals surface area (Å²) in [5, 5.41) is 11.8. The number of ether oxygens (including phenoxy) is 1. The van der Waals surface area contributed by atoms with Gasteiger partial charge in [-0.3, -0.25) is 0 Å². The number of likely N-dealkylation sites (tertiary alicyclic amines) is 1. The number of carbonyl (C=O) groups is 1. The maximum Gasteiger partial charge on any atom is 0.343 e. The molecule has 1 N–H and O–H groups in total. The third-order valence-corrected chi connectivity index (χ3v) is 9.00. The highest BCUT2D eigenvalue weighted by atomic mass is 16.5. The van der Waals surface area contributed by atoms with Gasteiger partial charge in [-0.25, -0.2) is 4.79 Å². The Balaban J connectivity index is 1.26. The van der Waals surface area contributed by atoms with Crippen molar-refractivity contribution in [3.05, 3.63) is 71.8 Å². The molecule has 2 aromatic carbocycles. The third kappa shape index (κ3) is 4.67. The molecule has 0 aromatic heterocycles. The van der Waals surface area contributed by atoms with Gasteiger partial charge in [0.2, 0.25) is 0 Å². The van der Waals surface area contributed by atoms with Gasteiger partial charge < -0.3 is 14.3 Å². The summed E-state index contributed by atoms with van der Waals surface area (Å²) in [6.07, 6.45) is 7.52. The normalized spacial score (nSPS) is 31.1. The van der Waals surface area contributed by atoms with E-state index in [2.05, 4.69) is 37.4 Å². The van der Waals surface area contributed by atoms with Crippen LogP contribution in [0.1, 0.15) is 56.1 Å². The van der Waals surface area contributed by atoms with Crippen molar-refractivity contribution in [2.45, 2.75) is 57.1 Å². The summed E-state index contributed by atoms with van der Waals surface area (Å²) in [6.45, 7) is 3.79. The molecular formula is C30H40NO3+. The van der Waals surface area contributed by atoms with Gasteiger partial charge in [-0.15, -0.1) is 0 Å². The molecule has 2 aromatic rings. The maximum absolute atomic E-state index is 13.5. The number of quaternary nitrogens is 1. The number of aliphatic hydroxyl groups is 1. The van der Waals surface area contributed by atoms with E-state index in [9.17, 15) is 9.90 Å². The predicted molar refractivity (Wildman–Crippen MR) is 134 cm³/mol. The molecule has 5 rings (SSSR count). The maximum atomic E-state index is 13.5. The second-order valence-corrected chi connectivity index (χ2v) is 11.5. The quantitative estimate of drug-likeness (QED) is 0.449. The lowest BCUT2D eigenvalue weighted by Gasteiger charge is -2.45. The van der Waals surface area contributed by atoms with Crippen molar-refractivity contribution >= 4 is 5.97 Å². The summed E-state index contributed by atoms with van der Waals surface area (Å²) < 4.78 is 7.09. The van der Waals surface area contributed by atoms with E-state index in [-0.39, 0.29) is 5.92 Å². The first-order valence-electron chi connectivity index (χ1n) is 13.3. The van der Waals surface area contributed by atoms with E-state index in [0.29, 0.717) is 29.9 Å². The number of esters is 1. The number of nitrogens with zero attached hydrogens (tertiary/aromatic N) is 1. The average molecular weight is 463 g/mol. The summed E-state index contributed by atoms with van der Waals surface area (Å²) in [4.78, 5) is 13.5. The molecule has 3 atom stereocenters. The largest absolute Gasteiger partial charge is 0.463 e. The Hall–Kier alpha value is -2.17. The van der Waals surface area contributed by atoms with Crippen LogP contribution < -0.4 is 0 Å². The third-order valence-electron chi connectivity index (χ3n) is 9.00. The fraction of sp³-hybridized carbons (Fsp3) is 0.567. The second-order valence-electron chi connectivity index (χ2n) is 11.5. The molecule has 34 heavy (non-hydrogen) atoms. The highest BCUT2D eigenvalue weighted by Crippen LogP contribution is 2.46. The Labute approximate surface area is 204 Å². The zero-order valence-corrected chi connectivity index (χ0v) is 20.6. The predicted octanol–water partition coefficient (Wildman–Crippen LogP) is 5.30. The van der Waals surface area contributed by atoms with Gasteiger partial charge in [-0.2, -0.15) is 0 Å². The smallest absolute Gasteiger partial charge is 0.343 e. The number of fused-ring (bicyclic) bond motifs is 2. The highest BCUT2D eigenvalue weighted by Gasteiger charge is 2.51. The number of piperidine rings is 1. The molecule has 3 aliphatic rings. The number of hydrogen-bond acceptors (Lipinski definition) is 3. The van der Waals surface area contributed by atoms with Gasteiger partial charge in [0.25, 0.3) is 0 Å². The van der Waals surface area contributed by atoms with Gasteiger partial charge in [0.15, 0.2) is 5.60 Å². The van der Waals surface area contributed by atoms with E-state index in [1.807, 2.05) is 30.3 Å². The molecule has 1 heterocycles. The molecule has 0 radical (unpaired) electrons. The lowest BCUT2D eigenvalue weighted by atomic mass is 9.73. The van der Waals surface area contributed by atoms with Crippen molar-refractivity contribution < 1.29 is 19.1 Å². The number of hydrogen-bond donors (Lipinski definition) is 1. The van der Waals surface area contributed by atoms with Crippen molar-refractivity contribution in [1.82, 2.24) is 0 Å². The van der Waals surface area contributed by atoms with Gasteiger partial charge >= 0.3 is 5.97 Å². The monoisotopic (exact) mass is 462 g/mol. The van der Waals surface area contributed by atoms with Gasteiger partial charge in [0.1, 0.15) is 6.54 Å². The van der Waals surface area contributed by atoms with Crippen LogP contribution in [0.4, 0.5) is 0 Å². The minimum Gasteiger partial charge on any atom is -0.463 e. The molecule has 2 saturated carbocycles. The topological polar surface area (TPSA) is 46.5 Å². The van der Waals surface area contributed by atoms with Crippen molar-refractivity contribution in [2.75, 3.05) is 26.7 Å². The fourth-order valence-corrected chi connectivity index (χ4v) is 7.34. The van der Waals surface area contributed by atoms with Gasteiger partial charge in [-0.1, -0.05) is 79.9 Å². The number of rotatable bonds is 7. The zero-order valence-electron chi connectivity index (χ0n) is 20.6. The van der Waals surface area contributed by atoms with Crippen LogP contribution in [0.2, 0.25) is 0 Å². The van der Waals surface area contributed by atoms with Crippen molar-refractivity contribution in [3.63, 3.8) is 0 Å². The molecule has 3 fully saturated rings. The average Bonchev–Trinajstić information content (AvgIpc) is 3.13. The molecule has 1 saturated heterocycles. The molecule has 1 aliphatic heterocycles. The van der Waals surface area contributed by atoms with Crippen LogP contribution in [0.25, 0.3) is 0 Å². The van der Waals surface area contributed by atoms with E-state index in [0.717, 1.165) is 49.8 Å². The molecule has 4 nitrogen and oxygen atoms in total. The molecule has 0 amide bonds. The summed E-state index contributed by atoms with van der Waals surface area (Å²) in [5.74, 6) is 1.08. The Kier molecular flexibility index (Phi) is 6.81. The van der Waals surface area contributed by atoms with Gasteiger partial charge in [0, 0.05) is 29.2 Å². The molecule has 3 unspecified atom stereocenters. The Morgan fingerprint density at radius 2 is 1.50 bits per heavy atom. The lowest BCUT2D eigenvalue weighted by Crippen LogP contribution is -2.55. The van der Waals surface area contributed by atoms with Crippen LogP contribution in [0, 0.1) is 23.7 Å². The first kappa shape index (κ1) is 23.6. The molecule has 2 bridgehead atoms. The van der Waals surface area contributed by atoms with Crippen LogP contribution in [-0.2, 0) is 21.7 Å². The van der Waals surface area contributed by atoms with E-state index in [1.54, 1.807) is 0 Å². The SMILES string of the molecule is C[N+]1(Cc2ccccc2)CC2CCC(C1)C2COC(=O)C(O)(c1ccccc1)C1CCCCC1. The van der Waals surface area contributed by atoms with E-state index < -0.39 is 11.6 Å². The summed E-state index contributed by atoms with van der Waals surface area (Å²) in [6, 6.07) is 20.3. The molecule has 4 heteroatoms. The summed E-state index contributed by atoms with van der Waals surface area (Å²) in [5.41, 5.74) is 0.549. The Morgan fingerprint density at radius 3 is 2.12 bits per heavy atom. The molecule has 2 aliphatic carbocycles. The van der Waals surface area contributed by atoms with E-state index in [4.69, 9.17) is 4.74 Å². The van der Waals surface area contributed by atoms with Crippen molar-refractivity contribution in [1.29, 1.82) is 0 Å². The summed E-state index contributed by atoms with van der Waals surface area (Å²) >= 11 is 0. The standard InChI is InChI=1S/C30H40NO3/c1-31(19-23-11-5-2-6-12-23)20-24-17-18-25(21-31)28(24)22-34-29(32)30(33,26-13-7-3-8-14-26)27-15-9-4-10-16-27/h2-3,5-8,11-14,24-25,27-28,33H,4,9-10,15-22H2,1H3/q+1. The number of benzene rings is 2. The zero-order chi connectivity index (χ0) is 23.6. The van der Waals surface area contributed by atoms with Crippen LogP contribution in [0.15, 0.2) is 60.7 Å². The van der Waals surface area contributed by atoms with Crippen LogP contribution in [0.3, 0.4) is 0 Å². The van der Waals surface area contributed by atoms with Crippen molar-refractivity contribution in [2.24, 2.45) is 23.7 Å². The van der Waals surface area contributed by atoms with E-state index in [1.165, 1.54) is 24.8 Å². The lowest BCUT2D eigenvalue weighted by molar-refractivity contribution is -0.933. The van der Waals surface area contributed by atoms with Crippen LogP contribution >= 0.6 is 0 Å². The number of carbonyl (C=O) groups excluding carboxylic acids is 1.